The summed E-state index contributed by atoms with van der Waals surface area (Å²) in [5, 5.41) is 2.59. The molecule has 1 aliphatic heterocycles. The molecule has 0 saturated carbocycles. The van der Waals surface area contributed by atoms with Gasteiger partial charge in [-0.05, 0) is 42.3 Å². The van der Waals surface area contributed by atoms with E-state index < -0.39 is 10.5 Å². The lowest BCUT2D eigenvalue weighted by Gasteiger charge is -2.24. The van der Waals surface area contributed by atoms with Crippen LogP contribution in [0.5, 0.6) is 0 Å². The van der Waals surface area contributed by atoms with Crippen LogP contribution in [0.25, 0.3) is 0 Å². The predicted molar refractivity (Wildman–Crippen MR) is 108 cm³/mol. The third-order valence-electron chi connectivity index (χ3n) is 4.12. The molecule has 1 atom stereocenters. The summed E-state index contributed by atoms with van der Waals surface area (Å²) in [5.74, 6) is 0.101. The first-order valence-corrected chi connectivity index (χ1v) is 9.39. The number of fused-ring (bicyclic) bond motifs is 1. The number of nitrogens with two attached hydrogens (primary N) is 1. The van der Waals surface area contributed by atoms with Crippen molar-refractivity contribution in [3.8, 4) is 0 Å². The van der Waals surface area contributed by atoms with E-state index in [0.29, 0.717) is 18.1 Å². The van der Waals surface area contributed by atoms with Crippen molar-refractivity contribution in [1.29, 1.82) is 0 Å². The molecule has 8 nitrogen and oxygen atoms in total. The van der Waals surface area contributed by atoms with Crippen molar-refractivity contribution in [3.63, 3.8) is 0 Å². The number of rotatable bonds is 4. The third kappa shape index (κ3) is 3.92. The summed E-state index contributed by atoms with van der Waals surface area (Å²) in [6.07, 6.45) is 0. The highest BCUT2D eigenvalue weighted by molar-refractivity contribution is 9.09. The molecule has 1 unspecified atom stereocenters. The average Bonchev–Trinajstić information content (AvgIpc) is 2.92. The number of aromatic nitrogens is 2. The van der Waals surface area contributed by atoms with Crippen LogP contribution < -0.4 is 21.5 Å². The van der Waals surface area contributed by atoms with Gasteiger partial charge in [-0.15, -0.1) is 0 Å². The molecule has 0 bridgehead atoms. The molecule has 144 valence electrons. The van der Waals surface area contributed by atoms with Crippen molar-refractivity contribution in [2.45, 2.75) is 32.4 Å². The number of alkyl halides is 1. The Hall–Kier alpha value is -2.55. The molecule has 0 saturated heterocycles. The van der Waals surface area contributed by atoms with Gasteiger partial charge in [0.15, 0.2) is 17.6 Å². The molecular weight excluding hydrogens is 414 g/mol. The second-order valence-corrected chi connectivity index (χ2v) is 8.17. The van der Waals surface area contributed by atoms with E-state index in [9.17, 15) is 9.59 Å². The Kier molecular flexibility index (Phi) is 5.14. The van der Waals surface area contributed by atoms with Gasteiger partial charge in [0.2, 0.25) is 5.95 Å². The van der Waals surface area contributed by atoms with Gasteiger partial charge in [-0.25, -0.2) is 0 Å². The van der Waals surface area contributed by atoms with Gasteiger partial charge in [0.05, 0.1) is 12.0 Å². The summed E-state index contributed by atoms with van der Waals surface area (Å²) >= 11 is 3.43. The largest absolute Gasteiger partial charge is 0.444 e. The predicted octanol–water partition coefficient (Wildman–Crippen LogP) is 2.33. The summed E-state index contributed by atoms with van der Waals surface area (Å²) in [5.41, 5.74) is 6.40. The smallest absolute Gasteiger partial charge is 0.312 e. The van der Waals surface area contributed by atoms with Gasteiger partial charge in [-0.2, -0.15) is 4.98 Å². The topological polar surface area (TPSA) is 102 Å². The second kappa shape index (κ2) is 7.22. The van der Waals surface area contributed by atoms with Gasteiger partial charge in [0.25, 0.3) is 5.56 Å². The number of hydrogen-bond acceptors (Lipinski definition) is 7. The van der Waals surface area contributed by atoms with Crippen LogP contribution in [0, 0.1) is 5.41 Å². The minimum atomic E-state index is -0.622. The summed E-state index contributed by atoms with van der Waals surface area (Å²) in [4.78, 5) is 30.9. The highest BCUT2D eigenvalue weighted by Gasteiger charge is 2.34. The maximum atomic E-state index is 12.9. The number of nitrogens with one attached hydrogen (secondary N) is 1. The van der Waals surface area contributed by atoms with Crippen LogP contribution in [-0.2, 0) is 16.1 Å². The SMILES string of the molecule is CC(C)(C)C(=O)OCN1c2nc(N)n(Cc3ccccc3)c(=O)c2NC1Br. The fourth-order valence-corrected chi connectivity index (χ4v) is 3.13. The van der Waals surface area contributed by atoms with Crippen molar-refractivity contribution in [2.75, 3.05) is 22.7 Å². The van der Waals surface area contributed by atoms with Gasteiger partial charge >= 0.3 is 5.97 Å². The Morgan fingerprint density at radius 1 is 1.33 bits per heavy atom. The van der Waals surface area contributed by atoms with E-state index in [4.69, 9.17) is 10.5 Å². The number of benzene rings is 1. The van der Waals surface area contributed by atoms with Gasteiger partial charge in [0.1, 0.15) is 5.69 Å². The standard InChI is InChI=1S/C18H22BrN5O3/c1-18(2,3)15(26)27-10-24-13-12(21-16(24)19)14(25)23(17(20)22-13)9-11-7-5-4-6-8-11/h4-8,16,21H,9-10H2,1-3H3,(H2,20,22). The molecule has 3 rings (SSSR count). The molecule has 27 heavy (non-hydrogen) atoms. The molecule has 9 heteroatoms. The molecule has 3 N–H and O–H groups in total. The lowest BCUT2D eigenvalue weighted by Crippen LogP contribution is -2.36. The van der Waals surface area contributed by atoms with Crippen molar-refractivity contribution in [1.82, 2.24) is 9.55 Å². The van der Waals surface area contributed by atoms with Crippen molar-refractivity contribution < 1.29 is 9.53 Å². The molecule has 0 fully saturated rings. The fraction of sp³-hybridized carbons (Fsp3) is 0.389. The van der Waals surface area contributed by atoms with Crippen molar-refractivity contribution in [3.05, 3.63) is 46.2 Å². The Morgan fingerprint density at radius 3 is 2.63 bits per heavy atom. The Bertz CT molecular complexity index is 908. The summed E-state index contributed by atoms with van der Waals surface area (Å²) < 4.78 is 6.76. The molecule has 2 heterocycles. The number of hydrogen-bond donors (Lipinski definition) is 2. The van der Waals surface area contributed by atoms with E-state index in [-0.39, 0.29) is 24.2 Å². The zero-order valence-electron chi connectivity index (χ0n) is 15.4. The molecule has 0 radical (unpaired) electrons. The molecule has 2 aromatic rings. The normalized spacial score (nSPS) is 16.0. The number of esters is 1. The molecule has 1 aromatic carbocycles. The van der Waals surface area contributed by atoms with Crippen LogP contribution >= 0.6 is 15.9 Å². The molecule has 1 aliphatic rings. The van der Waals surface area contributed by atoms with E-state index in [1.54, 1.807) is 25.7 Å². The van der Waals surface area contributed by atoms with E-state index in [1.165, 1.54) is 4.57 Å². The van der Waals surface area contributed by atoms with Gasteiger partial charge in [-0.3, -0.25) is 19.1 Å². The molecular formula is C18H22BrN5O3. The average molecular weight is 436 g/mol. The zero-order chi connectivity index (χ0) is 19.8. The summed E-state index contributed by atoms with van der Waals surface area (Å²) in [6, 6.07) is 9.53. The Morgan fingerprint density at radius 2 is 2.00 bits per heavy atom. The maximum Gasteiger partial charge on any atom is 0.312 e. The van der Waals surface area contributed by atoms with E-state index in [2.05, 4.69) is 26.2 Å². The minimum absolute atomic E-state index is 0.0550. The second-order valence-electron chi connectivity index (χ2n) is 7.31. The van der Waals surface area contributed by atoms with Gasteiger partial charge in [0, 0.05) is 0 Å². The molecule has 1 aromatic heterocycles. The highest BCUT2D eigenvalue weighted by atomic mass is 79.9. The first-order chi connectivity index (χ1) is 12.7. The van der Waals surface area contributed by atoms with Gasteiger partial charge in [-0.1, -0.05) is 30.3 Å². The van der Waals surface area contributed by atoms with Crippen LogP contribution in [0.2, 0.25) is 0 Å². The number of ether oxygens (including phenoxy) is 1. The first-order valence-electron chi connectivity index (χ1n) is 8.47. The minimum Gasteiger partial charge on any atom is -0.444 e. The van der Waals surface area contributed by atoms with E-state index in [0.717, 1.165) is 5.56 Å². The number of carbonyl (C=O) groups is 1. The number of nitrogens with zero attached hydrogens (tertiary/aromatic N) is 3. The third-order valence-corrected chi connectivity index (χ3v) is 4.84. The number of halogens is 1. The lowest BCUT2D eigenvalue weighted by atomic mass is 9.98. The number of carbonyl (C=O) groups excluding carboxylic acids is 1. The zero-order valence-corrected chi connectivity index (χ0v) is 17.0. The van der Waals surface area contributed by atoms with Crippen LogP contribution in [0.15, 0.2) is 35.1 Å². The van der Waals surface area contributed by atoms with Crippen LogP contribution in [0.1, 0.15) is 26.3 Å². The molecule has 0 aliphatic carbocycles. The van der Waals surface area contributed by atoms with Crippen LogP contribution in [0.4, 0.5) is 17.5 Å². The van der Waals surface area contributed by atoms with Crippen LogP contribution in [-0.4, -0.2) is 27.3 Å². The molecule has 0 amide bonds. The highest BCUT2D eigenvalue weighted by Crippen LogP contribution is 2.33. The monoisotopic (exact) mass is 435 g/mol. The first kappa shape index (κ1) is 19.2. The fourth-order valence-electron chi connectivity index (χ4n) is 2.59. The summed E-state index contributed by atoms with van der Waals surface area (Å²) in [6.45, 7) is 5.58. The Balaban J connectivity index is 1.87. The quantitative estimate of drug-likeness (QED) is 0.431. The Labute approximate surface area is 165 Å². The number of anilines is 3. The van der Waals surface area contributed by atoms with Crippen molar-refractivity contribution in [2.24, 2.45) is 5.41 Å². The maximum absolute atomic E-state index is 12.9. The summed E-state index contributed by atoms with van der Waals surface area (Å²) in [7, 11) is 0. The number of nitrogen functional groups attached to an aromatic ring is 1. The van der Waals surface area contributed by atoms with E-state index in [1.807, 2.05) is 30.3 Å². The lowest BCUT2D eigenvalue weighted by molar-refractivity contribution is -0.152. The van der Waals surface area contributed by atoms with Crippen molar-refractivity contribution >= 4 is 39.4 Å². The van der Waals surface area contributed by atoms with Crippen LogP contribution in [0.3, 0.4) is 0 Å². The molecule has 0 spiro atoms. The van der Waals surface area contributed by atoms with E-state index >= 15 is 0 Å². The van der Waals surface area contributed by atoms with Gasteiger partial charge < -0.3 is 15.8 Å².